The third-order valence-electron chi connectivity index (χ3n) is 4.56. The van der Waals surface area contributed by atoms with E-state index >= 15 is 0 Å². The Kier molecular flexibility index (Phi) is 6.54. The van der Waals surface area contributed by atoms with Crippen molar-refractivity contribution in [3.8, 4) is 0 Å². The topological polar surface area (TPSA) is 21.3 Å². The zero-order valence-electron chi connectivity index (χ0n) is 13.5. The third-order valence-corrected chi connectivity index (χ3v) is 5.85. The van der Waals surface area contributed by atoms with Crippen molar-refractivity contribution >= 4 is 22.9 Å². The van der Waals surface area contributed by atoms with Crippen LogP contribution in [0.2, 0.25) is 4.34 Å². The maximum absolute atomic E-state index is 6.34. The minimum atomic E-state index is -0.0649. The Labute approximate surface area is 138 Å². The first kappa shape index (κ1) is 17.3. The molecule has 0 amide bonds. The normalized spacial score (nSPS) is 27.7. The van der Waals surface area contributed by atoms with Gasteiger partial charge in [-0.1, -0.05) is 25.4 Å². The van der Waals surface area contributed by atoms with E-state index in [4.69, 9.17) is 16.3 Å². The first-order valence-electron chi connectivity index (χ1n) is 8.24. The van der Waals surface area contributed by atoms with Crippen LogP contribution in [-0.4, -0.2) is 18.8 Å². The molecule has 0 spiro atoms. The van der Waals surface area contributed by atoms with Crippen LogP contribution in [0.15, 0.2) is 12.1 Å². The van der Waals surface area contributed by atoms with Gasteiger partial charge in [0, 0.05) is 11.5 Å². The molecule has 1 fully saturated rings. The molecule has 1 N–H and O–H groups in total. The van der Waals surface area contributed by atoms with Crippen LogP contribution in [0.3, 0.4) is 0 Å². The summed E-state index contributed by atoms with van der Waals surface area (Å²) >= 11 is 7.86. The molecular weight excluding hydrogens is 302 g/mol. The van der Waals surface area contributed by atoms with Crippen molar-refractivity contribution in [2.75, 3.05) is 13.2 Å². The fourth-order valence-corrected chi connectivity index (χ4v) is 4.62. The van der Waals surface area contributed by atoms with E-state index in [9.17, 15) is 0 Å². The molecule has 1 atom stereocenters. The fraction of sp³-hybridized carbons (Fsp3) is 0.765. The summed E-state index contributed by atoms with van der Waals surface area (Å²) in [7, 11) is 0. The molecule has 1 unspecified atom stereocenters. The van der Waals surface area contributed by atoms with Crippen LogP contribution in [-0.2, 0) is 4.74 Å². The van der Waals surface area contributed by atoms with Gasteiger partial charge in [-0.25, -0.2) is 0 Å². The SMILES string of the molecule is CCCNC(c1ccc(Cl)s1)C1(OCC)CCC(C)CC1. The molecular formula is C17H28ClNOS. The average Bonchev–Trinajstić information content (AvgIpc) is 2.89. The number of ether oxygens (including phenoxy) is 1. The Morgan fingerprint density at radius 3 is 2.62 bits per heavy atom. The van der Waals surface area contributed by atoms with E-state index in [1.165, 1.54) is 17.7 Å². The highest BCUT2D eigenvalue weighted by molar-refractivity contribution is 7.16. The van der Waals surface area contributed by atoms with Crippen LogP contribution in [0.5, 0.6) is 0 Å². The molecule has 1 heterocycles. The minimum absolute atomic E-state index is 0.0649. The summed E-state index contributed by atoms with van der Waals surface area (Å²) in [6.07, 6.45) is 5.92. The molecule has 2 nitrogen and oxygen atoms in total. The molecule has 0 aromatic carbocycles. The highest BCUT2D eigenvalue weighted by Gasteiger charge is 2.43. The van der Waals surface area contributed by atoms with Crippen LogP contribution in [0.1, 0.15) is 63.8 Å². The van der Waals surface area contributed by atoms with E-state index in [1.807, 2.05) is 6.07 Å². The summed E-state index contributed by atoms with van der Waals surface area (Å²) in [5.74, 6) is 0.817. The highest BCUT2D eigenvalue weighted by Crippen LogP contribution is 2.45. The van der Waals surface area contributed by atoms with Crippen molar-refractivity contribution in [3.05, 3.63) is 21.3 Å². The lowest BCUT2D eigenvalue weighted by Crippen LogP contribution is -2.48. The van der Waals surface area contributed by atoms with Crippen LogP contribution in [0.4, 0.5) is 0 Å². The van der Waals surface area contributed by atoms with Gasteiger partial charge >= 0.3 is 0 Å². The largest absolute Gasteiger partial charge is 0.373 e. The van der Waals surface area contributed by atoms with Crippen molar-refractivity contribution in [2.45, 2.75) is 64.5 Å². The van der Waals surface area contributed by atoms with Gasteiger partial charge in [-0.05, 0) is 63.6 Å². The first-order chi connectivity index (χ1) is 10.1. The molecule has 0 aliphatic heterocycles. The summed E-state index contributed by atoms with van der Waals surface area (Å²) in [5, 5.41) is 3.74. The Hall–Kier alpha value is -0.0900. The average molecular weight is 330 g/mol. The van der Waals surface area contributed by atoms with Crippen molar-refractivity contribution in [1.82, 2.24) is 5.32 Å². The zero-order chi connectivity index (χ0) is 15.3. The molecule has 0 bridgehead atoms. The highest BCUT2D eigenvalue weighted by atomic mass is 35.5. The lowest BCUT2D eigenvalue weighted by molar-refractivity contribution is -0.0968. The molecule has 21 heavy (non-hydrogen) atoms. The lowest BCUT2D eigenvalue weighted by Gasteiger charge is -2.45. The van der Waals surface area contributed by atoms with Crippen LogP contribution in [0, 0.1) is 5.92 Å². The Balaban J connectivity index is 2.26. The Bertz CT molecular complexity index is 426. The van der Waals surface area contributed by atoms with Gasteiger partial charge in [-0.3, -0.25) is 0 Å². The number of thiophene rings is 1. The lowest BCUT2D eigenvalue weighted by atomic mass is 9.74. The number of nitrogens with one attached hydrogen (secondary N) is 1. The van der Waals surface area contributed by atoms with E-state index in [-0.39, 0.29) is 11.6 Å². The van der Waals surface area contributed by atoms with Gasteiger partial charge in [-0.2, -0.15) is 0 Å². The Morgan fingerprint density at radius 1 is 1.38 bits per heavy atom. The minimum Gasteiger partial charge on any atom is -0.373 e. The van der Waals surface area contributed by atoms with E-state index in [1.54, 1.807) is 11.3 Å². The third kappa shape index (κ3) is 4.22. The van der Waals surface area contributed by atoms with Gasteiger partial charge in [0.2, 0.25) is 0 Å². The number of halogens is 1. The van der Waals surface area contributed by atoms with E-state index in [0.29, 0.717) is 0 Å². The van der Waals surface area contributed by atoms with Gasteiger partial charge in [0.15, 0.2) is 0 Å². The summed E-state index contributed by atoms with van der Waals surface area (Å²) < 4.78 is 7.21. The van der Waals surface area contributed by atoms with Crippen LogP contribution in [0.25, 0.3) is 0 Å². The molecule has 0 saturated heterocycles. The van der Waals surface area contributed by atoms with Gasteiger partial charge < -0.3 is 10.1 Å². The Morgan fingerprint density at radius 2 is 2.10 bits per heavy atom. The maximum atomic E-state index is 6.34. The predicted octanol–water partition coefficient (Wildman–Crippen LogP) is 5.43. The summed E-state index contributed by atoms with van der Waals surface area (Å²) in [5.41, 5.74) is -0.0649. The second kappa shape index (κ2) is 7.96. The van der Waals surface area contributed by atoms with Gasteiger partial charge in [0.1, 0.15) is 0 Å². The predicted molar refractivity (Wildman–Crippen MR) is 92.4 cm³/mol. The number of hydrogen-bond donors (Lipinski definition) is 1. The van der Waals surface area contributed by atoms with Gasteiger partial charge in [0.25, 0.3) is 0 Å². The molecule has 1 aliphatic carbocycles. The summed E-state index contributed by atoms with van der Waals surface area (Å²) in [6, 6.07) is 4.44. The molecule has 1 aromatic rings. The molecule has 1 aliphatic rings. The second-order valence-corrected chi connectivity index (χ2v) is 7.96. The fourth-order valence-electron chi connectivity index (χ4n) is 3.37. The summed E-state index contributed by atoms with van der Waals surface area (Å²) in [6.45, 7) is 8.47. The quantitative estimate of drug-likeness (QED) is 0.720. The zero-order valence-corrected chi connectivity index (χ0v) is 15.0. The number of hydrogen-bond acceptors (Lipinski definition) is 3. The van der Waals surface area contributed by atoms with E-state index < -0.39 is 0 Å². The van der Waals surface area contributed by atoms with Gasteiger partial charge in [-0.15, -0.1) is 11.3 Å². The molecule has 1 aromatic heterocycles. The van der Waals surface area contributed by atoms with E-state index in [0.717, 1.165) is 42.7 Å². The van der Waals surface area contributed by atoms with E-state index in [2.05, 4.69) is 32.2 Å². The smallest absolute Gasteiger partial charge is 0.0931 e. The standard InChI is InChI=1S/C17H28ClNOS/c1-4-12-19-16(14-6-7-15(18)21-14)17(20-5-2)10-8-13(3)9-11-17/h6-7,13,16,19H,4-5,8-12H2,1-3H3. The van der Waals surface area contributed by atoms with Crippen molar-refractivity contribution in [1.29, 1.82) is 0 Å². The molecule has 120 valence electrons. The second-order valence-electron chi connectivity index (χ2n) is 6.21. The first-order valence-corrected chi connectivity index (χ1v) is 9.43. The monoisotopic (exact) mass is 329 g/mol. The molecule has 4 heteroatoms. The maximum Gasteiger partial charge on any atom is 0.0931 e. The van der Waals surface area contributed by atoms with Crippen LogP contribution >= 0.6 is 22.9 Å². The van der Waals surface area contributed by atoms with Crippen molar-refractivity contribution in [2.24, 2.45) is 5.92 Å². The molecule has 2 rings (SSSR count). The van der Waals surface area contributed by atoms with Gasteiger partial charge in [0.05, 0.1) is 16.0 Å². The number of rotatable bonds is 7. The molecule has 0 radical (unpaired) electrons. The van der Waals surface area contributed by atoms with Crippen LogP contribution < -0.4 is 5.32 Å². The summed E-state index contributed by atoms with van der Waals surface area (Å²) in [4.78, 5) is 1.32. The molecule has 1 saturated carbocycles. The van der Waals surface area contributed by atoms with Crippen molar-refractivity contribution in [3.63, 3.8) is 0 Å². The van der Waals surface area contributed by atoms with Crippen molar-refractivity contribution < 1.29 is 4.74 Å².